The molecule has 16 heavy (non-hydrogen) atoms. The zero-order valence-corrected chi connectivity index (χ0v) is 8.98. The van der Waals surface area contributed by atoms with E-state index in [0.717, 1.165) is 0 Å². The lowest BCUT2D eigenvalue weighted by atomic mass is 10.3. The summed E-state index contributed by atoms with van der Waals surface area (Å²) in [6, 6.07) is 4.85. The highest BCUT2D eigenvalue weighted by Crippen LogP contribution is 2.23. The molecule has 2 aromatic rings. The average molecular weight is 241 g/mol. The fraction of sp³-hybridized carbons (Fsp3) is 0.200. The van der Waals surface area contributed by atoms with Gasteiger partial charge in [-0.1, -0.05) is 17.7 Å². The molecule has 5 nitrogen and oxygen atoms in total. The van der Waals surface area contributed by atoms with Gasteiger partial charge in [-0.25, -0.2) is 4.98 Å². The highest BCUT2D eigenvalue weighted by Gasteiger charge is 2.12. The summed E-state index contributed by atoms with van der Waals surface area (Å²) in [5.74, 6) is -0.471. The first-order valence-corrected chi connectivity index (χ1v) is 5.04. The Hall–Kier alpha value is -1.75. The Balaban J connectivity index is 2.49. The largest absolute Gasteiger partial charge is 0.494 e. The lowest BCUT2D eigenvalue weighted by molar-refractivity contribution is -0.137. The molecule has 0 aliphatic heterocycles. The third-order valence-corrected chi connectivity index (χ3v) is 2.51. The average Bonchev–Trinajstić information content (AvgIpc) is 2.55. The molecule has 0 radical (unpaired) electrons. The number of hydrogen-bond donors (Lipinski definition) is 2. The maximum absolute atomic E-state index is 10.5. The van der Waals surface area contributed by atoms with Crippen LogP contribution in [0.15, 0.2) is 18.2 Å². The molecule has 84 valence electrons. The van der Waals surface area contributed by atoms with Crippen LogP contribution in [0.5, 0.6) is 5.88 Å². The minimum Gasteiger partial charge on any atom is -0.494 e. The summed E-state index contributed by atoms with van der Waals surface area (Å²) in [5.41, 5.74) is 0.571. The Labute approximate surface area is 95.9 Å². The molecule has 0 unspecified atom stereocenters. The van der Waals surface area contributed by atoms with E-state index in [9.17, 15) is 9.90 Å². The van der Waals surface area contributed by atoms with Crippen molar-refractivity contribution in [1.82, 2.24) is 9.38 Å². The van der Waals surface area contributed by atoms with Crippen LogP contribution in [0.25, 0.3) is 5.52 Å². The van der Waals surface area contributed by atoms with Gasteiger partial charge in [0.05, 0.1) is 11.9 Å². The maximum Gasteiger partial charge on any atom is 0.303 e. The molecule has 0 fully saturated rings. The van der Waals surface area contributed by atoms with Crippen LogP contribution >= 0.6 is 11.6 Å². The van der Waals surface area contributed by atoms with E-state index in [1.807, 2.05) is 0 Å². The number of hydrogen-bond acceptors (Lipinski definition) is 3. The Morgan fingerprint density at radius 3 is 2.94 bits per heavy atom. The van der Waals surface area contributed by atoms with E-state index in [2.05, 4.69) is 4.98 Å². The lowest BCUT2D eigenvalue weighted by Crippen LogP contribution is -2.01. The minimum absolute atomic E-state index is 0.00251. The van der Waals surface area contributed by atoms with Gasteiger partial charge in [-0.05, 0) is 12.1 Å². The van der Waals surface area contributed by atoms with Gasteiger partial charge in [0.25, 0.3) is 0 Å². The Morgan fingerprint density at radius 1 is 1.50 bits per heavy atom. The zero-order valence-electron chi connectivity index (χ0n) is 8.22. The number of nitrogens with zero attached hydrogens (tertiary/aromatic N) is 2. The van der Waals surface area contributed by atoms with Crippen LogP contribution in [-0.4, -0.2) is 25.6 Å². The smallest absolute Gasteiger partial charge is 0.303 e. The predicted molar refractivity (Wildman–Crippen MR) is 57.8 cm³/mol. The van der Waals surface area contributed by atoms with Crippen molar-refractivity contribution in [1.29, 1.82) is 0 Å². The van der Waals surface area contributed by atoms with Gasteiger partial charge in [-0.2, -0.15) is 0 Å². The van der Waals surface area contributed by atoms with Gasteiger partial charge in [0.1, 0.15) is 5.82 Å². The van der Waals surface area contributed by atoms with Crippen molar-refractivity contribution >= 4 is 23.1 Å². The highest BCUT2D eigenvalue weighted by molar-refractivity contribution is 6.32. The number of carboxylic acid groups (broad SMARTS) is 1. The second-order valence-corrected chi connectivity index (χ2v) is 3.68. The molecule has 0 aromatic carbocycles. The summed E-state index contributed by atoms with van der Waals surface area (Å²) in [6.07, 6.45) is 0.171. The molecular formula is C10H9ClN2O3. The second-order valence-electron chi connectivity index (χ2n) is 3.32. The van der Waals surface area contributed by atoms with Crippen LogP contribution in [0.3, 0.4) is 0 Å². The Morgan fingerprint density at radius 2 is 2.25 bits per heavy atom. The van der Waals surface area contributed by atoms with Crippen molar-refractivity contribution < 1.29 is 15.0 Å². The minimum atomic E-state index is -0.914. The van der Waals surface area contributed by atoms with E-state index in [1.54, 1.807) is 12.1 Å². The third kappa shape index (κ3) is 1.81. The molecule has 0 amide bonds. The van der Waals surface area contributed by atoms with Crippen molar-refractivity contribution in [3.63, 3.8) is 0 Å². The van der Waals surface area contributed by atoms with Crippen molar-refractivity contribution in [3.05, 3.63) is 29.2 Å². The first-order chi connectivity index (χ1) is 7.59. The number of halogens is 1. The molecule has 0 spiro atoms. The molecular weight excluding hydrogens is 232 g/mol. The number of aromatic nitrogens is 2. The summed E-state index contributed by atoms with van der Waals surface area (Å²) in [6.45, 7) is 0. The van der Waals surface area contributed by atoms with Crippen molar-refractivity contribution in [2.24, 2.45) is 0 Å². The number of fused-ring (bicyclic) bond motifs is 1. The first kappa shape index (κ1) is 10.8. The van der Waals surface area contributed by atoms with Gasteiger partial charge in [0, 0.05) is 6.42 Å². The fourth-order valence-electron chi connectivity index (χ4n) is 1.54. The summed E-state index contributed by atoms with van der Waals surface area (Å²) in [5, 5.41) is 18.5. The third-order valence-electron chi connectivity index (χ3n) is 2.23. The molecule has 0 saturated carbocycles. The monoisotopic (exact) mass is 240 g/mol. The van der Waals surface area contributed by atoms with Gasteiger partial charge >= 0.3 is 5.97 Å². The van der Waals surface area contributed by atoms with E-state index in [1.165, 1.54) is 10.5 Å². The molecule has 6 heteroatoms. The molecule has 0 saturated heterocycles. The fourth-order valence-corrected chi connectivity index (χ4v) is 1.78. The van der Waals surface area contributed by atoms with Gasteiger partial charge in [-0.3, -0.25) is 9.20 Å². The predicted octanol–water partition coefficient (Wildman–Crippen LogP) is 1.71. The first-order valence-electron chi connectivity index (χ1n) is 4.66. The summed E-state index contributed by atoms with van der Waals surface area (Å²) in [4.78, 5) is 14.5. The van der Waals surface area contributed by atoms with E-state index in [4.69, 9.17) is 16.7 Å². The number of carbonyl (C=O) groups is 1. The molecule has 0 aliphatic rings. The summed E-state index contributed by atoms with van der Waals surface area (Å²) >= 11 is 5.87. The molecule has 0 bridgehead atoms. The van der Waals surface area contributed by atoms with Crippen LogP contribution in [0.4, 0.5) is 0 Å². The van der Waals surface area contributed by atoms with Gasteiger partial charge in [0.15, 0.2) is 11.0 Å². The Kier molecular flexibility index (Phi) is 2.70. The van der Waals surface area contributed by atoms with Crippen molar-refractivity contribution in [2.45, 2.75) is 12.8 Å². The topological polar surface area (TPSA) is 74.8 Å². The molecule has 0 atom stereocenters. The van der Waals surface area contributed by atoms with Crippen LogP contribution in [0, 0.1) is 0 Å². The Bertz CT molecular complexity index is 550. The van der Waals surface area contributed by atoms with E-state index < -0.39 is 5.97 Å². The van der Waals surface area contributed by atoms with Gasteiger partial charge in [-0.15, -0.1) is 0 Å². The van der Waals surface area contributed by atoms with Crippen molar-refractivity contribution in [2.75, 3.05) is 0 Å². The summed E-state index contributed by atoms with van der Waals surface area (Å²) in [7, 11) is 0. The van der Waals surface area contributed by atoms with E-state index in [-0.39, 0.29) is 23.9 Å². The number of aryl methyl sites for hydroxylation is 1. The zero-order chi connectivity index (χ0) is 11.7. The summed E-state index contributed by atoms with van der Waals surface area (Å²) < 4.78 is 1.45. The van der Waals surface area contributed by atoms with Crippen LogP contribution in [0.1, 0.15) is 12.2 Å². The van der Waals surface area contributed by atoms with Crippen LogP contribution in [0.2, 0.25) is 5.15 Å². The molecule has 0 aliphatic carbocycles. The van der Waals surface area contributed by atoms with E-state index in [0.29, 0.717) is 11.3 Å². The molecule has 2 N–H and O–H groups in total. The standard InChI is InChI=1S/C10H9ClN2O3/c11-10-6-2-1-3-8(14)13(6)7(12-10)4-5-9(15)16/h1-3,14H,4-5H2,(H,15,16). The normalized spacial score (nSPS) is 10.8. The number of pyridine rings is 1. The maximum atomic E-state index is 10.5. The number of carboxylic acids is 1. The SMILES string of the molecule is O=C(O)CCc1nc(Cl)c2cccc(O)n12. The molecule has 2 aromatic heterocycles. The highest BCUT2D eigenvalue weighted by atomic mass is 35.5. The number of imidazole rings is 1. The van der Waals surface area contributed by atoms with Crippen molar-refractivity contribution in [3.8, 4) is 5.88 Å². The number of rotatable bonds is 3. The van der Waals surface area contributed by atoms with Crippen LogP contribution < -0.4 is 0 Å². The second kappa shape index (κ2) is 4.02. The number of aromatic hydroxyl groups is 1. The quantitative estimate of drug-likeness (QED) is 0.857. The van der Waals surface area contributed by atoms with E-state index >= 15 is 0 Å². The van der Waals surface area contributed by atoms with Crippen LogP contribution in [-0.2, 0) is 11.2 Å². The van der Waals surface area contributed by atoms with Gasteiger partial charge in [0.2, 0.25) is 0 Å². The molecule has 2 rings (SSSR count). The number of aliphatic carboxylic acids is 1. The lowest BCUT2D eigenvalue weighted by Gasteiger charge is -2.01. The van der Waals surface area contributed by atoms with Gasteiger partial charge < -0.3 is 10.2 Å². The molecule has 2 heterocycles.